The van der Waals surface area contributed by atoms with Crippen molar-refractivity contribution in [1.29, 1.82) is 0 Å². The molecule has 3 saturated carbocycles. The quantitative estimate of drug-likeness (QED) is 0.488. The summed E-state index contributed by atoms with van der Waals surface area (Å²) in [6, 6.07) is 0. The molecule has 28 heavy (non-hydrogen) atoms. The van der Waals surface area contributed by atoms with Crippen LogP contribution < -0.4 is 0 Å². The fourth-order valence-electron chi connectivity index (χ4n) is 8.53. The molecule has 0 heterocycles. The summed E-state index contributed by atoms with van der Waals surface area (Å²) < 4.78 is 0. The summed E-state index contributed by atoms with van der Waals surface area (Å²) in [7, 11) is 0. The third kappa shape index (κ3) is 3.42. The van der Waals surface area contributed by atoms with Crippen LogP contribution in [0.1, 0.15) is 105 Å². The molecule has 1 heteroatoms. The van der Waals surface area contributed by atoms with Crippen molar-refractivity contribution >= 4 is 0 Å². The van der Waals surface area contributed by atoms with Gasteiger partial charge in [0.2, 0.25) is 0 Å². The molecule has 4 rings (SSSR count). The van der Waals surface area contributed by atoms with Crippen LogP contribution in [0.15, 0.2) is 11.6 Å². The van der Waals surface area contributed by atoms with Gasteiger partial charge in [0.05, 0.1) is 6.10 Å². The largest absolute Gasteiger partial charge is 0.393 e. The van der Waals surface area contributed by atoms with Crippen LogP contribution in [0.4, 0.5) is 0 Å². The molecule has 0 spiro atoms. The molecule has 0 saturated heterocycles. The molecule has 1 nitrogen and oxygen atoms in total. The summed E-state index contributed by atoms with van der Waals surface area (Å²) in [5, 5.41) is 10.2. The zero-order chi connectivity index (χ0) is 20.1. The predicted molar refractivity (Wildman–Crippen MR) is 119 cm³/mol. The smallest absolute Gasteiger partial charge is 0.0543 e. The zero-order valence-electron chi connectivity index (χ0n) is 19.3. The fourth-order valence-corrected chi connectivity index (χ4v) is 8.53. The first kappa shape index (κ1) is 21.0. The van der Waals surface area contributed by atoms with Crippen molar-refractivity contribution in [3.63, 3.8) is 0 Å². The van der Waals surface area contributed by atoms with Crippen LogP contribution in [0.3, 0.4) is 0 Å². The van der Waals surface area contributed by atoms with Crippen molar-refractivity contribution < 1.29 is 5.11 Å². The van der Waals surface area contributed by atoms with E-state index in [1.54, 1.807) is 0 Å². The van der Waals surface area contributed by atoms with Crippen LogP contribution in [0.25, 0.3) is 0 Å². The Labute approximate surface area is 174 Å². The van der Waals surface area contributed by atoms with Crippen molar-refractivity contribution in [2.24, 2.45) is 46.3 Å². The van der Waals surface area contributed by atoms with Gasteiger partial charge in [-0.2, -0.15) is 0 Å². The number of fused-ring (bicyclic) bond motifs is 5. The highest BCUT2D eigenvalue weighted by Crippen LogP contribution is 2.66. The zero-order valence-corrected chi connectivity index (χ0v) is 19.3. The van der Waals surface area contributed by atoms with E-state index >= 15 is 0 Å². The van der Waals surface area contributed by atoms with E-state index in [2.05, 4.69) is 40.7 Å². The molecule has 1 N–H and O–H groups in total. The van der Waals surface area contributed by atoms with Crippen molar-refractivity contribution in [1.82, 2.24) is 0 Å². The number of allylic oxidation sites excluding steroid dienone is 2. The van der Waals surface area contributed by atoms with E-state index in [-0.39, 0.29) is 6.10 Å². The van der Waals surface area contributed by atoms with Crippen molar-refractivity contribution in [3.8, 4) is 0 Å². The molecule has 0 aromatic carbocycles. The van der Waals surface area contributed by atoms with E-state index in [1.165, 1.54) is 57.8 Å². The second-order valence-electron chi connectivity index (χ2n) is 12.2. The van der Waals surface area contributed by atoms with Gasteiger partial charge in [-0.3, -0.25) is 0 Å². The normalized spacial score (nSPS) is 46.5. The summed E-state index contributed by atoms with van der Waals surface area (Å²) >= 11 is 0. The highest BCUT2D eigenvalue weighted by Gasteiger charge is 2.57. The van der Waals surface area contributed by atoms with Gasteiger partial charge in [-0.1, -0.05) is 65.5 Å². The second kappa shape index (κ2) is 7.75. The lowest BCUT2D eigenvalue weighted by molar-refractivity contribution is -0.0158. The third-order valence-corrected chi connectivity index (χ3v) is 10.2. The van der Waals surface area contributed by atoms with Crippen LogP contribution in [-0.2, 0) is 0 Å². The average molecular weight is 387 g/mol. The molecule has 8 atom stereocenters. The second-order valence-corrected chi connectivity index (χ2v) is 12.2. The van der Waals surface area contributed by atoms with Gasteiger partial charge < -0.3 is 5.11 Å². The lowest BCUT2D eigenvalue weighted by atomic mass is 9.48. The average Bonchev–Trinajstić information content (AvgIpc) is 2.99. The monoisotopic (exact) mass is 386 g/mol. The summed E-state index contributed by atoms with van der Waals surface area (Å²) in [6.45, 7) is 12.5. The first-order valence-electron chi connectivity index (χ1n) is 12.6. The van der Waals surface area contributed by atoms with Crippen molar-refractivity contribution in [2.45, 2.75) is 111 Å². The SMILES string of the molecule is CC(C)CCCC(C)[C@H]1CCC2C3CCC4C[C@H](O)CC[C@]4(C)C3=CC[C@@]21C. The number of hydrogen-bond acceptors (Lipinski definition) is 1. The Kier molecular flexibility index (Phi) is 5.80. The maximum atomic E-state index is 10.2. The lowest BCUT2D eigenvalue weighted by Crippen LogP contribution is -2.48. The summed E-state index contributed by atoms with van der Waals surface area (Å²) in [6.07, 6.45) is 17.3. The standard InChI is InChI=1S/C27H46O/c1-18(2)7-6-8-19(3)23-11-12-24-22-10-9-20-17-21(28)13-15-26(20,4)25(22)14-16-27(23,24)5/h14,18-24,28H,6-13,15-17H2,1-5H3/t19?,20?,21-,22?,23-,24?,26+,27-/m1/s1. The highest BCUT2D eigenvalue weighted by atomic mass is 16.3. The van der Waals surface area contributed by atoms with Gasteiger partial charge in [-0.05, 0) is 97.7 Å². The molecule has 0 amide bonds. The topological polar surface area (TPSA) is 20.2 Å². The summed E-state index contributed by atoms with van der Waals surface area (Å²) in [4.78, 5) is 0. The molecular formula is C27H46O. The maximum absolute atomic E-state index is 10.2. The molecule has 4 aliphatic carbocycles. The first-order chi connectivity index (χ1) is 13.3. The minimum absolute atomic E-state index is 0.0355. The molecule has 3 fully saturated rings. The van der Waals surface area contributed by atoms with E-state index < -0.39 is 0 Å². The molecule has 4 unspecified atom stereocenters. The molecule has 4 aliphatic rings. The molecule has 160 valence electrons. The maximum Gasteiger partial charge on any atom is 0.0543 e. The molecule has 0 radical (unpaired) electrons. The Morgan fingerprint density at radius 3 is 2.57 bits per heavy atom. The van der Waals surface area contributed by atoms with E-state index in [9.17, 15) is 5.11 Å². The molecule has 0 aromatic rings. The number of rotatable bonds is 5. The Bertz CT molecular complexity index is 591. The molecule has 0 aliphatic heterocycles. The minimum Gasteiger partial charge on any atom is -0.393 e. The van der Waals surface area contributed by atoms with Crippen LogP contribution in [0, 0.1) is 46.3 Å². The number of hydrogen-bond donors (Lipinski definition) is 1. The summed E-state index contributed by atoms with van der Waals surface area (Å²) in [5.74, 6) is 5.18. The lowest BCUT2D eigenvalue weighted by Gasteiger charge is -2.57. The Morgan fingerprint density at radius 1 is 1.04 bits per heavy atom. The van der Waals surface area contributed by atoms with Crippen LogP contribution in [-0.4, -0.2) is 11.2 Å². The van der Waals surface area contributed by atoms with Gasteiger partial charge in [0.25, 0.3) is 0 Å². The number of aliphatic hydroxyl groups is 1. The van der Waals surface area contributed by atoms with Crippen LogP contribution >= 0.6 is 0 Å². The van der Waals surface area contributed by atoms with Gasteiger partial charge in [0.1, 0.15) is 0 Å². The Balaban J connectivity index is 1.51. The van der Waals surface area contributed by atoms with Crippen molar-refractivity contribution in [2.75, 3.05) is 0 Å². The third-order valence-electron chi connectivity index (χ3n) is 10.2. The molecule has 0 bridgehead atoms. The van der Waals surface area contributed by atoms with Gasteiger partial charge >= 0.3 is 0 Å². The van der Waals surface area contributed by atoms with E-state index in [4.69, 9.17) is 0 Å². The van der Waals surface area contributed by atoms with E-state index in [0.717, 1.165) is 48.3 Å². The van der Waals surface area contributed by atoms with Gasteiger partial charge in [0, 0.05) is 0 Å². The van der Waals surface area contributed by atoms with Crippen molar-refractivity contribution in [3.05, 3.63) is 11.6 Å². The summed E-state index contributed by atoms with van der Waals surface area (Å²) in [5.41, 5.74) is 2.78. The van der Waals surface area contributed by atoms with Gasteiger partial charge in [-0.25, -0.2) is 0 Å². The first-order valence-corrected chi connectivity index (χ1v) is 12.6. The molecular weight excluding hydrogens is 340 g/mol. The van der Waals surface area contributed by atoms with Gasteiger partial charge in [-0.15, -0.1) is 0 Å². The fraction of sp³-hybridized carbons (Fsp3) is 0.926. The highest BCUT2D eigenvalue weighted by molar-refractivity contribution is 5.29. The van der Waals surface area contributed by atoms with Gasteiger partial charge in [0.15, 0.2) is 0 Å². The molecule has 0 aromatic heterocycles. The van der Waals surface area contributed by atoms with Crippen LogP contribution in [0.5, 0.6) is 0 Å². The van der Waals surface area contributed by atoms with E-state index in [1.807, 2.05) is 5.57 Å². The predicted octanol–water partition coefficient (Wildman–Crippen LogP) is 7.39. The number of aliphatic hydroxyl groups excluding tert-OH is 1. The Hall–Kier alpha value is -0.300. The van der Waals surface area contributed by atoms with Crippen LogP contribution in [0.2, 0.25) is 0 Å². The van der Waals surface area contributed by atoms with E-state index in [0.29, 0.717) is 10.8 Å². The minimum atomic E-state index is -0.0355. The Morgan fingerprint density at radius 2 is 1.82 bits per heavy atom.